The minimum Gasteiger partial charge on any atom is -0.493 e. The summed E-state index contributed by atoms with van der Waals surface area (Å²) in [5.74, 6) is 0.528. The van der Waals surface area contributed by atoms with Crippen molar-refractivity contribution >= 4 is 28.9 Å². The fourth-order valence-electron chi connectivity index (χ4n) is 3.89. The highest BCUT2D eigenvalue weighted by Crippen LogP contribution is 2.19. The first-order valence-electron chi connectivity index (χ1n) is 12.4. The van der Waals surface area contributed by atoms with E-state index in [-0.39, 0.29) is 18.4 Å². The van der Waals surface area contributed by atoms with Crippen LogP contribution in [-0.4, -0.2) is 31.5 Å². The molecule has 0 spiro atoms. The third-order valence-electron chi connectivity index (χ3n) is 5.85. The lowest BCUT2D eigenvalue weighted by atomic mass is 10.1. The first kappa shape index (κ1) is 25.5. The minimum atomic E-state index is -0.167. The Morgan fingerprint density at radius 3 is 2.03 bits per heavy atom. The van der Waals surface area contributed by atoms with Crippen molar-refractivity contribution in [3.8, 4) is 5.75 Å². The SMILES string of the molecule is CCN(C(=O)c1ccc(NCC(=O)Nc2ccc(OCCc3ccccc3)cc2)cc1)c1ccccc1. The molecule has 2 N–H and O–H groups in total. The average molecular weight is 494 g/mol. The summed E-state index contributed by atoms with van der Waals surface area (Å²) in [5, 5.41) is 5.97. The molecule has 4 aromatic rings. The van der Waals surface area contributed by atoms with Crippen LogP contribution >= 0.6 is 0 Å². The van der Waals surface area contributed by atoms with Gasteiger partial charge in [-0.15, -0.1) is 0 Å². The highest BCUT2D eigenvalue weighted by atomic mass is 16.5. The van der Waals surface area contributed by atoms with Crippen molar-refractivity contribution in [1.82, 2.24) is 0 Å². The zero-order valence-electron chi connectivity index (χ0n) is 20.9. The maximum atomic E-state index is 12.9. The molecular formula is C31H31N3O3. The van der Waals surface area contributed by atoms with Gasteiger partial charge < -0.3 is 20.3 Å². The standard InChI is InChI=1S/C31H31N3O3/c1-2-34(28-11-7-4-8-12-28)31(36)25-13-15-26(16-14-25)32-23-30(35)33-27-17-19-29(20-18-27)37-22-21-24-9-5-3-6-10-24/h3-20,32H,2,21-23H2,1H3,(H,33,35). The van der Waals surface area contributed by atoms with Gasteiger partial charge in [-0.05, 0) is 73.2 Å². The molecular weight excluding hydrogens is 462 g/mol. The molecule has 0 aromatic heterocycles. The topological polar surface area (TPSA) is 70.7 Å². The van der Waals surface area contributed by atoms with E-state index in [2.05, 4.69) is 22.8 Å². The molecule has 4 rings (SSSR count). The summed E-state index contributed by atoms with van der Waals surface area (Å²) < 4.78 is 5.80. The Bertz CT molecular complexity index is 1280. The van der Waals surface area contributed by atoms with Crippen LogP contribution in [0.15, 0.2) is 109 Å². The van der Waals surface area contributed by atoms with Crippen LogP contribution in [0.5, 0.6) is 5.75 Å². The predicted octanol–water partition coefficient (Wildman–Crippen LogP) is 6.03. The van der Waals surface area contributed by atoms with E-state index in [4.69, 9.17) is 4.74 Å². The van der Waals surface area contributed by atoms with Crippen LogP contribution < -0.4 is 20.3 Å². The number of hydrogen-bond donors (Lipinski definition) is 2. The molecule has 4 aromatic carbocycles. The zero-order chi connectivity index (χ0) is 25.9. The number of benzene rings is 4. The number of nitrogens with zero attached hydrogens (tertiary/aromatic N) is 1. The summed E-state index contributed by atoms with van der Waals surface area (Å²) in [5.41, 5.74) is 4.14. The summed E-state index contributed by atoms with van der Waals surface area (Å²) >= 11 is 0. The molecule has 0 saturated heterocycles. The number of nitrogens with one attached hydrogen (secondary N) is 2. The second-order valence-electron chi connectivity index (χ2n) is 8.47. The third kappa shape index (κ3) is 7.45. The first-order chi connectivity index (χ1) is 18.1. The number of ether oxygens (including phenoxy) is 1. The zero-order valence-corrected chi connectivity index (χ0v) is 20.9. The lowest BCUT2D eigenvalue weighted by Gasteiger charge is -2.21. The summed E-state index contributed by atoms with van der Waals surface area (Å²) in [6.45, 7) is 3.22. The van der Waals surface area contributed by atoms with Gasteiger partial charge >= 0.3 is 0 Å². The quantitative estimate of drug-likeness (QED) is 0.268. The van der Waals surface area contributed by atoms with E-state index >= 15 is 0 Å². The summed E-state index contributed by atoms with van der Waals surface area (Å²) in [6.07, 6.45) is 0.837. The van der Waals surface area contributed by atoms with Crippen molar-refractivity contribution in [2.45, 2.75) is 13.3 Å². The van der Waals surface area contributed by atoms with E-state index < -0.39 is 0 Å². The van der Waals surface area contributed by atoms with Crippen molar-refractivity contribution in [3.63, 3.8) is 0 Å². The second-order valence-corrected chi connectivity index (χ2v) is 8.47. The van der Waals surface area contributed by atoms with Crippen LogP contribution in [0.25, 0.3) is 0 Å². The normalized spacial score (nSPS) is 10.4. The van der Waals surface area contributed by atoms with Crippen molar-refractivity contribution in [2.24, 2.45) is 0 Å². The summed E-state index contributed by atoms with van der Waals surface area (Å²) in [4.78, 5) is 27.1. The van der Waals surface area contributed by atoms with E-state index in [0.29, 0.717) is 24.4 Å². The molecule has 0 heterocycles. The Morgan fingerprint density at radius 1 is 0.757 bits per heavy atom. The number of carbonyl (C=O) groups excluding carboxylic acids is 2. The second kappa shape index (κ2) is 12.9. The van der Waals surface area contributed by atoms with Gasteiger partial charge in [-0.1, -0.05) is 48.5 Å². The largest absolute Gasteiger partial charge is 0.493 e. The lowest BCUT2D eigenvalue weighted by molar-refractivity contribution is -0.114. The Kier molecular flexibility index (Phi) is 8.92. The van der Waals surface area contributed by atoms with Crippen LogP contribution in [0.2, 0.25) is 0 Å². The molecule has 6 heteroatoms. The van der Waals surface area contributed by atoms with Crippen molar-refractivity contribution in [1.29, 1.82) is 0 Å². The van der Waals surface area contributed by atoms with E-state index in [9.17, 15) is 9.59 Å². The van der Waals surface area contributed by atoms with Crippen LogP contribution in [0.3, 0.4) is 0 Å². The van der Waals surface area contributed by atoms with Crippen LogP contribution in [-0.2, 0) is 11.2 Å². The van der Waals surface area contributed by atoms with Crippen molar-refractivity contribution in [2.75, 3.05) is 35.2 Å². The maximum absolute atomic E-state index is 12.9. The number of para-hydroxylation sites is 1. The molecule has 0 atom stereocenters. The molecule has 6 nitrogen and oxygen atoms in total. The van der Waals surface area contributed by atoms with Crippen LogP contribution in [0, 0.1) is 0 Å². The van der Waals surface area contributed by atoms with Crippen molar-refractivity contribution in [3.05, 3.63) is 120 Å². The van der Waals surface area contributed by atoms with Gasteiger partial charge in [0.15, 0.2) is 0 Å². The highest BCUT2D eigenvalue weighted by molar-refractivity contribution is 6.06. The fraction of sp³-hybridized carbons (Fsp3) is 0.161. The van der Waals surface area contributed by atoms with Gasteiger partial charge in [0, 0.05) is 35.6 Å². The van der Waals surface area contributed by atoms with Gasteiger partial charge in [0.1, 0.15) is 5.75 Å². The number of amides is 2. The molecule has 2 amide bonds. The highest BCUT2D eigenvalue weighted by Gasteiger charge is 2.15. The third-order valence-corrected chi connectivity index (χ3v) is 5.85. The molecule has 0 bridgehead atoms. The molecule has 0 saturated carbocycles. The monoisotopic (exact) mass is 493 g/mol. The number of anilines is 3. The maximum Gasteiger partial charge on any atom is 0.258 e. The number of rotatable bonds is 11. The number of hydrogen-bond acceptors (Lipinski definition) is 4. The van der Waals surface area contributed by atoms with E-state index in [1.165, 1.54) is 5.56 Å². The van der Waals surface area contributed by atoms with E-state index in [0.717, 1.165) is 23.5 Å². The Morgan fingerprint density at radius 2 is 1.38 bits per heavy atom. The van der Waals surface area contributed by atoms with E-state index in [1.54, 1.807) is 29.2 Å². The molecule has 37 heavy (non-hydrogen) atoms. The van der Waals surface area contributed by atoms with Gasteiger partial charge in [-0.2, -0.15) is 0 Å². The molecule has 0 aliphatic carbocycles. The van der Waals surface area contributed by atoms with Gasteiger partial charge in [0.25, 0.3) is 5.91 Å². The minimum absolute atomic E-state index is 0.0644. The average Bonchev–Trinajstić information content (AvgIpc) is 2.95. The van der Waals surface area contributed by atoms with Gasteiger partial charge in [-0.3, -0.25) is 9.59 Å². The Hall–Kier alpha value is -4.58. The molecule has 0 fully saturated rings. The first-order valence-corrected chi connectivity index (χ1v) is 12.4. The van der Waals surface area contributed by atoms with Gasteiger partial charge in [0.05, 0.1) is 13.2 Å². The number of carbonyl (C=O) groups is 2. The Balaban J connectivity index is 1.22. The van der Waals surface area contributed by atoms with E-state index in [1.807, 2.05) is 79.7 Å². The molecule has 0 unspecified atom stereocenters. The van der Waals surface area contributed by atoms with Gasteiger partial charge in [0.2, 0.25) is 5.91 Å². The molecule has 188 valence electrons. The molecule has 0 aliphatic heterocycles. The molecule has 0 radical (unpaired) electrons. The fourth-order valence-corrected chi connectivity index (χ4v) is 3.89. The summed E-state index contributed by atoms with van der Waals surface area (Å²) in [6, 6.07) is 34.3. The molecule has 0 aliphatic rings. The van der Waals surface area contributed by atoms with Crippen LogP contribution in [0.1, 0.15) is 22.8 Å². The van der Waals surface area contributed by atoms with Crippen LogP contribution in [0.4, 0.5) is 17.1 Å². The Labute approximate surface area is 217 Å². The lowest BCUT2D eigenvalue weighted by Crippen LogP contribution is -2.30. The summed E-state index contributed by atoms with van der Waals surface area (Å²) in [7, 11) is 0. The smallest absolute Gasteiger partial charge is 0.258 e. The predicted molar refractivity (Wildman–Crippen MR) is 149 cm³/mol. The van der Waals surface area contributed by atoms with Gasteiger partial charge in [-0.25, -0.2) is 0 Å². The van der Waals surface area contributed by atoms with Crippen molar-refractivity contribution < 1.29 is 14.3 Å².